The molecule has 0 saturated heterocycles. The average molecular weight is 494 g/mol. The van der Waals surface area contributed by atoms with E-state index in [2.05, 4.69) is 5.32 Å². The van der Waals surface area contributed by atoms with Crippen LogP contribution in [-0.2, 0) is 17.9 Å². The predicted octanol–water partition coefficient (Wildman–Crippen LogP) is 5.12. The lowest BCUT2D eigenvalue weighted by Crippen LogP contribution is -2.40. The normalized spacial score (nSPS) is 11.1. The third-order valence-corrected chi connectivity index (χ3v) is 6.24. The van der Waals surface area contributed by atoms with Crippen LogP contribution in [0, 0.1) is 12.7 Å². The first-order valence-corrected chi connectivity index (χ1v) is 11.7. The van der Waals surface area contributed by atoms with E-state index in [0.29, 0.717) is 23.7 Å². The van der Waals surface area contributed by atoms with Crippen molar-refractivity contribution in [3.63, 3.8) is 0 Å². The number of nitrogens with one attached hydrogen (secondary N) is 1. The van der Waals surface area contributed by atoms with E-state index in [-0.39, 0.29) is 36.0 Å². The molecule has 0 spiro atoms. The van der Waals surface area contributed by atoms with Crippen LogP contribution in [0.3, 0.4) is 0 Å². The number of amides is 1. The van der Waals surface area contributed by atoms with Gasteiger partial charge in [-0.3, -0.25) is 18.7 Å². The highest BCUT2D eigenvalue weighted by molar-refractivity contribution is 6.31. The highest BCUT2D eigenvalue weighted by atomic mass is 35.5. The van der Waals surface area contributed by atoms with E-state index >= 15 is 0 Å². The van der Waals surface area contributed by atoms with Crippen LogP contribution in [0.5, 0.6) is 0 Å². The van der Waals surface area contributed by atoms with Crippen molar-refractivity contribution >= 4 is 34.1 Å². The third kappa shape index (κ3) is 5.52. The van der Waals surface area contributed by atoms with Crippen LogP contribution in [0.1, 0.15) is 30.4 Å². The summed E-state index contributed by atoms with van der Waals surface area (Å²) in [6.45, 7) is 2.01. The molecule has 0 aliphatic rings. The number of aromatic nitrogens is 2. The topological polar surface area (TPSA) is 73.1 Å². The fourth-order valence-corrected chi connectivity index (χ4v) is 4.20. The largest absolute Gasteiger partial charge is 0.331 e. The summed E-state index contributed by atoms with van der Waals surface area (Å²) in [6, 6.07) is 18.6. The standard InChI is InChI=1S/C27H25ClFN3O3/c1-18-12-14-19(15-13-18)30-25(33)11-4-5-16-31-26(34)20-7-2-3-10-24(20)32(27(31)35)17-21-22(28)8-6-9-23(21)29/h2-3,6-10,12-15H,4-5,11,16-17H2,1H3,(H,30,33). The number of carbonyl (C=O) groups is 1. The van der Waals surface area contributed by atoms with Gasteiger partial charge in [-0.05, 0) is 56.2 Å². The molecule has 1 heterocycles. The first-order chi connectivity index (χ1) is 16.8. The molecule has 8 heteroatoms. The predicted molar refractivity (Wildman–Crippen MR) is 137 cm³/mol. The summed E-state index contributed by atoms with van der Waals surface area (Å²) in [5.41, 5.74) is 1.46. The molecule has 180 valence electrons. The Morgan fingerprint density at radius 3 is 2.43 bits per heavy atom. The Morgan fingerprint density at radius 2 is 1.69 bits per heavy atom. The maximum atomic E-state index is 14.4. The van der Waals surface area contributed by atoms with E-state index in [1.54, 1.807) is 30.3 Å². The van der Waals surface area contributed by atoms with Gasteiger partial charge in [0.25, 0.3) is 5.56 Å². The van der Waals surface area contributed by atoms with Crippen molar-refractivity contribution in [3.05, 3.63) is 110 Å². The molecule has 3 aromatic carbocycles. The molecule has 1 N–H and O–H groups in total. The number of hydrogen-bond donors (Lipinski definition) is 1. The maximum Gasteiger partial charge on any atom is 0.331 e. The number of halogens is 2. The molecule has 0 radical (unpaired) electrons. The summed E-state index contributed by atoms with van der Waals surface area (Å²) < 4.78 is 17.0. The molecule has 0 fully saturated rings. The number of hydrogen-bond acceptors (Lipinski definition) is 3. The minimum atomic E-state index is -0.544. The molecule has 1 aromatic heterocycles. The van der Waals surface area contributed by atoms with Crippen LogP contribution in [0.15, 0.2) is 76.3 Å². The molecule has 0 unspecified atom stereocenters. The van der Waals surface area contributed by atoms with Crippen LogP contribution in [0.4, 0.5) is 10.1 Å². The van der Waals surface area contributed by atoms with Gasteiger partial charge in [-0.25, -0.2) is 9.18 Å². The van der Waals surface area contributed by atoms with Crippen molar-refractivity contribution in [1.82, 2.24) is 9.13 Å². The quantitative estimate of drug-likeness (QED) is 0.346. The van der Waals surface area contributed by atoms with E-state index in [1.165, 1.54) is 16.7 Å². The van der Waals surface area contributed by atoms with Crippen molar-refractivity contribution in [2.24, 2.45) is 0 Å². The zero-order valence-corrected chi connectivity index (χ0v) is 20.0. The molecule has 0 saturated carbocycles. The van der Waals surface area contributed by atoms with E-state index in [9.17, 15) is 18.8 Å². The number of carbonyl (C=O) groups excluding carboxylic acids is 1. The van der Waals surface area contributed by atoms with Gasteiger partial charge in [-0.2, -0.15) is 0 Å². The van der Waals surface area contributed by atoms with Crippen molar-refractivity contribution in [2.45, 2.75) is 39.3 Å². The highest BCUT2D eigenvalue weighted by Crippen LogP contribution is 2.21. The minimum Gasteiger partial charge on any atom is -0.326 e. The number of anilines is 1. The summed E-state index contributed by atoms with van der Waals surface area (Å²) in [5, 5.41) is 3.41. The van der Waals surface area contributed by atoms with Crippen molar-refractivity contribution in [2.75, 3.05) is 5.32 Å². The molecule has 35 heavy (non-hydrogen) atoms. The summed E-state index contributed by atoms with van der Waals surface area (Å²) in [4.78, 5) is 38.6. The Bertz CT molecular complexity index is 1470. The number of rotatable bonds is 8. The first-order valence-electron chi connectivity index (χ1n) is 11.4. The molecule has 1 amide bonds. The molecule has 0 bridgehead atoms. The van der Waals surface area contributed by atoms with E-state index in [0.717, 1.165) is 15.8 Å². The molecule has 0 aliphatic heterocycles. The lowest BCUT2D eigenvalue weighted by Gasteiger charge is -2.15. The molecule has 6 nitrogen and oxygen atoms in total. The molecular formula is C27H25ClFN3O3. The number of unbranched alkanes of at least 4 members (excludes halogenated alkanes) is 1. The van der Waals surface area contributed by atoms with E-state index < -0.39 is 17.1 Å². The van der Waals surface area contributed by atoms with Gasteiger partial charge in [0.2, 0.25) is 5.91 Å². The number of benzene rings is 3. The van der Waals surface area contributed by atoms with Gasteiger partial charge < -0.3 is 5.32 Å². The Kier molecular flexibility index (Phi) is 7.46. The lowest BCUT2D eigenvalue weighted by molar-refractivity contribution is -0.116. The Morgan fingerprint density at radius 1 is 0.943 bits per heavy atom. The number of nitrogens with zero attached hydrogens (tertiary/aromatic N) is 2. The second kappa shape index (κ2) is 10.7. The smallest absolute Gasteiger partial charge is 0.326 e. The third-order valence-electron chi connectivity index (χ3n) is 5.88. The fourth-order valence-electron chi connectivity index (χ4n) is 3.98. The average Bonchev–Trinajstić information content (AvgIpc) is 2.84. The zero-order chi connectivity index (χ0) is 24.9. The van der Waals surface area contributed by atoms with E-state index in [1.807, 2.05) is 31.2 Å². The Hall–Kier alpha value is -3.71. The second-order valence-corrected chi connectivity index (χ2v) is 8.82. The number of fused-ring (bicyclic) bond motifs is 1. The summed E-state index contributed by atoms with van der Waals surface area (Å²) in [6.07, 6.45) is 1.21. The van der Waals surface area contributed by atoms with Gasteiger partial charge in [0.05, 0.1) is 17.4 Å². The Balaban J connectivity index is 1.53. The fraction of sp³-hybridized carbons (Fsp3) is 0.222. The van der Waals surface area contributed by atoms with Crippen molar-refractivity contribution < 1.29 is 9.18 Å². The lowest BCUT2D eigenvalue weighted by atomic mass is 10.2. The highest BCUT2D eigenvalue weighted by Gasteiger charge is 2.16. The monoisotopic (exact) mass is 493 g/mol. The van der Waals surface area contributed by atoms with Gasteiger partial charge in [-0.1, -0.05) is 47.5 Å². The van der Waals surface area contributed by atoms with Crippen LogP contribution in [-0.4, -0.2) is 15.0 Å². The minimum absolute atomic E-state index is 0.107. The maximum absolute atomic E-state index is 14.4. The van der Waals surface area contributed by atoms with Crippen LogP contribution < -0.4 is 16.6 Å². The zero-order valence-electron chi connectivity index (χ0n) is 19.3. The summed E-state index contributed by atoms with van der Waals surface area (Å²) in [7, 11) is 0. The molecular weight excluding hydrogens is 469 g/mol. The van der Waals surface area contributed by atoms with Gasteiger partial charge >= 0.3 is 5.69 Å². The van der Waals surface area contributed by atoms with Gasteiger partial charge in [-0.15, -0.1) is 0 Å². The summed E-state index contributed by atoms with van der Waals surface area (Å²) in [5.74, 6) is -0.655. The number of aryl methyl sites for hydroxylation is 1. The van der Waals surface area contributed by atoms with Crippen LogP contribution in [0.2, 0.25) is 5.02 Å². The molecule has 4 aromatic rings. The molecule has 0 aliphatic carbocycles. The molecule has 4 rings (SSSR count). The number of para-hydroxylation sites is 1. The second-order valence-electron chi connectivity index (χ2n) is 8.41. The summed E-state index contributed by atoms with van der Waals surface area (Å²) >= 11 is 6.19. The first kappa shape index (κ1) is 24.4. The van der Waals surface area contributed by atoms with Crippen molar-refractivity contribution in [3.8, 4) is 0 Å². The van der Waals surface area contributed by atoms with Crippen molar-refractivity contribution in [1.29, 1.82) is 0 Å². The Labute approximate surface area is 206 Å². The van der Waals surface area contributed by atoms with E-state index in [4.69, 9.17) is 11.6 Å². The SMILES string of the molecule is Cc1ccc(NC(=O)CCCCn2c(=O)c3ccccc3n(Cc3c(F)cccc3Cl)c2=O)cc1. The molecule has 0 atom stereocenters. The van der Waals surface area contributed by atoms with Gasteiger partial charge in [0, 0.05) is 29.2 Å². The van der Waals surface area contributed by atoms with Gasteiger partial charge in [0.15, 0.2) is 0 Å². The van der Waals surface area contributed by atoms with Crippen LogP contribution >= 0.6 is 11.6 Å². The van der Waals surface area contributed by atoms with Crippen LogP contribution in [0.25, 0.3) is 10.9 Å². The van der Waals surface area contributed by atoms with Gasteiger partial charge in [0.1, 0.15) is 5.82 Å².